The van der Waals surface area contributed by atoms with Crippen molar-refractivity contribution >= 4 is 11.7 Å². The minimum atomic E-state index is -0.0370. The van der Waals surface area contributed by atoms with Crippen LogP contribution < -0.4 is 5.32 Å². The van der Waals surface area contributed by atoms with Crippen LogP contribution in [0.15, 0.2) is 6.07 Å². The van der Waals surface area contributed by atoms with Gasteiger partial charge in [0.05, 0.1) is 0 Å². The first-order valence-electron chi connectivity index (χ1n) is 6.51. The minimum absolute atomic E-state index is 0.0370. The van der Waals surface area contributed by atoms with Crippen molar-refractivity contribution in [1.82, 2.24) is 14.9 Å². The summed E-state index contributed by atoms with van der Waals surface area (Å²) in [7, 11) is 0. The summed E-state index contributed by atoms with van der Waals surface area (Å²) in [6, 6.07) is 1.73. The van der Waals surface area contributed by atoms with Gasteiger partial charge in [-0.2, -0.15) is 0 Å². The van der Waals surface area contributed by atoms with Gasteiger partial charge in [0.25, 0.3) is 5.91 Å². The summed E-state index contributed by atoms with van der Waals surface area (Å²) in [5.41, 5.74) is 0.463. The van der Waals surface area contributed by atoms with Crippen LogP contribution >= 0.6 is 0 Å². The third kappa shape index (κ3) is 3.68. The van der Waals surface area contributed by atoms with Gasteiger partial charge in [-0.25, -0.2) is 9.97 Å². The molecule has 1 aromatic rings. The molecule has 1 heterocycles. The number of carbonyl (C=O) groups excluding carboxylic acids is 1. The number of nitrogens with zero attached hydrogens (tertiary/aromatic N) is 3. The van der Waals surface area contributed by atoms with E-state index in [9.17, 15) is 4.79 Å². The maximum atomic E-state index is 12.2. The summed E-state index contributed by atoms with van der Waals surface area (Å²) in [5.74, 6) is 1.30. The molecule has 100 valence electrons. The number of amides is 1. The molecular formula is C13H22N4O. The van der Waals surface area contributed by atoms with E-state index < -0.39 is 0 Å². The average Bonchev–Trinajstić information content (AvgIpc) is 2.37. The predicted octanol–water partition coefficient (Wildman–Crippen LogP) is 2.09. The Morgan fingerprint density at radius 1 is 1.28 bits per heavy atom. The number of carbonyl (C=O) groups is 1. The Morgan fingerprint density at radius 2 is 1.94 bits per heavy atom. The normalized spacial score (nSPS) is 10.2. The second-order valence-corrected chi connectivity index (χ2v) is 4.09. The van der Waals surface area contributed by atoms with E-state index in [2.05, 4.69) is 22.2 Å². The van der Waals surface area contributed by atoms with Gasteiger partial charge in [-0.3, -0.25) is 4.79 Å². The molecule has 0 aromatic carbocycles. The van der Waals surface area contributed by atoms with Gasteiger partial charge < -0.3 is 10.2 Å². The highest BCUT2D eigenvalue weighted by atomic mass is 16.2. The molecule has 0 radical (unpaired) electrons. The van der Waals surface area contributed by atoms with Crippen molar-refractivity contribution in [2.24, 2.45) is 0 Å². The highest BCUT2D eigenvalue weighted by Gasteiger charge is 2.15. The maximum Gasteiger partial charge on any atom is 0.272 e. The van der Waals surface area contributed by atoms with E-state index in [0.29, 0.717) is 24.6 Å². The van der Waals surface area contributed by atoms with E-state index in [0.717, 1.165) is 18.8 Å². The first-order valence-corrected chi connectivity index (χ1v) is 6.51. The summed E-state index contributed by atoms with van der Waals surface area (Å²) in [4.78, 5) is 22.4. The van der Waals surface area contributed by atoms with Crippen LogP contribution in [0.2, 0.25) is 0 Å². The summed E-state index contributed by atoms with van der Waals surface area (Å²) >= 11 is 0. The number of anilines is 1. The molecule has 0 saturated heterocycles. The van der Waals surface area contributed by atoms with Crippen molar-refractivity contribution in [1.29, 1.82) is 0 Å². The summed E-state index contributed by atoms with van der Waals surface area (Å²) in [5, 5.41) is 3.18. The lowest BCUT2D eigenvalue weighted by molar-refractivity contribution is 0.0766. The molecule has 1 rings (SSSR count). The number of rotatable bonds is 6. The van der Waals surface area contributed by atoms with E-state index in [1.807, 2.05) is 13.8 Å². The molecule has 0 bridgehead atoms. The van der Waals surface area contributed by atoms with Crippen LogP contribution in [0.25, 0.3) is 0 Å². The molecule has 1 aromatic heterocycles. The quantitative estimate of drug-likeness (QED) is 0.840. The van der Waals surface area contributed by atoms with Crippen molar-refractivity contribution in [3.8, 4) is 0 Å². The second kappa shape index (κ2) is 6.93. The zero-order chi connectivity index (χ0) is 13.5. The summed E-state index contributed by atoms with van der Waals surface area (Å²) < 4.78 is 0. The Morgan fingerprint density at radius 3 is 2.50 bits per heavy atom. The fourth-order valence-corrected chi connectivity index (χ4v) is 1.69. The molecule has 5 nitrogen and oxygen atoms in total. The van der Waals surface area contributed by atoms with Gasteiger partial charge in [-0.05, 0) is 27.2 Å². The van der Waals surface area contributed by atoms with Crippen molar-refractivity contribution in [2.75, 3.05) is 25.0 Å². The zero-order valence-electron chi connectivity index (χ0n) is 11.7. The standard InChI is InChI=1S/C13H22N4O/c1-5-8-14-12-9-11(15-10(4)16-12)13(18)17(6-2)7-3/h9H,5-8H2,1-4H3,(H,14,15,16). The van der Waals surface area contributed by atoms with Gasteiger partial charge in [0, 0.05) is 25.7 Å². The Hall–Kier alpha value is -1.65. The van der Waals surface area contributed by atoms with Crippen molar-refractivity contribution < 1.29 is 4.79 Å². The van der Waals surface area contributed by atoms with Crippen LogP contribution in [-0.4, -0.2) is 40.4 Å². The highest BCUT2D eigenvalue weighted by molar-refractivity contribution is 5.92. The van der Waals surface area contributed by atoms with E-state index in [4.69, 9.17) is 0 Å². The van der Waals surface area contributed by atoms with Crippen molar-refractivity contribution in [2.45, 2.75) is 34.1 Å². The lowest BCUT2D eigenvalue weighted by atomic mass is 10.3. The molecule has 0 spiro atoms. The Kier molecular flexibility index (Phi) is 5.55. The summed E-state index contributed by atoms with van der Waals surface area (Å²) in [6.45, 7) is 10.0. The van der Waals surface area contributed by atoms with E-state index in [-0.39, 0.29) is 5.91 Å². The van der Waals surface area contributed by atoms with Gasteiger partial charge in [0.15, 0.2) is 0 Å². The van der Waals surface area contributed by atoms with Gasteiger partial charge in [-0.1, -0.05) is 6.92 Å². The second-order valence-electron chi connectivity index (χ2n) is 4.09. The van der Waals surface area contributed by atoms with Gasteiger partial charge in [0.2, 0.25) is 0 Å². The summed E-state index contributed by atoms with van der Waals surface area (Å²) in [6.07, 6.45) is 1.02. The molecule has 0 aliphatic heterocycles. The third-order valence-corrected chi connectivity index (χ3v) is 2.66. The van der Waals surface area contributed by atoms with Crippen molar-refractivity contribution in [3.05, 3.63) is 17.6 Å². The van der Waals surface area contributed by atoms with Crippen LogP contribution in [0.4, 0.5) is 5.82 Å². The van der Waals surface area contributed by atoms with Gasteiger partial charge >= 0.3 is 0 Å². The Labute approximate surface area is 109 Å². The first kappa shape index (κ1) is 14.4. The van der Waals surface area contributed by atoms with E-state index >= 15 is 0 Å². The molecule has 0 fully saturated rings. The number of hydrogen-bond acceptors (Lipinski definition) is 4. The zero-order valence-corrected chi connectivity index (χ0v) is 11.7. The highest BCUT2D eigenvalue weighted by Crippen LogP contribution is 2.09. The molecule has 5 heteroatoms. The van der Waals surface area contributed by atoms with Crippen molar-refractivity contribution in [3.63, 3.8) is 0 Å². The molecule has 1 N–H and O–H groups in total. The Balaban J connectivity index is 2.94. The van der Waals surface area contributed by atoms with E-state index in [1.54, 1.807) is 17.9 Å². The van der Waals surface area contributed by atoms with Crippen LogP contribution in [0.3, 0.4) is 0 Å². The fraction of sp³-hybridized carbons (Fsp3) is 0.615. The first-order chi connectivity index (χ1) is 8.62. The smallest absolute Gasteiger partial charge is 0.272 e. The Bertz CT molecular complexity index is 402. The number of aryl methyl sites for hydroxylation is 1. The molecule has 0 atom stereocenters. The molecule has 0 saturated carbocycles. The topological polar surface area (TPSA) is 58.1 Å². The number of nitrogens with one attached hydrogen (secondary N) is 1. The van der Waals surface area contributed by atoms with Gasteiger partial charge in [-0.15, -0.1) is 0 Å². The van der Waals surface area contributed by atoms with Crippen LogP contribution in [0.1, 0.15) is 43.5 Å². The molecule has 18 heavy (non-hydrogen) atoms. The number of aromatic nitrogens is 2. The molecule has 0 aliphatic rings. The van der Waals surface area contributed by atoms with Crippen LogP contribution in [0.5, 0.6) is 0 Å². The third-order valence-electron chi connectivity index (χ3n) is 2.66. The monoisotopic (exact) mass is 250 g/mol. The predicted molar refractivity (Wildman–Crippen MR) is 72.8 cm³/mol. The maximum absolute atomic E-state index is 12.2. The lowest BCUT2D eigenvalue weighted by Gasteiger charge is -2.18. The van der Waals surface area contributed by atoms with E-state index in [1.165, 1.54) is 0 Å². The van der Waals surface area contributed by atoms with Crippen LogP contribution in [0, 0.1) is 6.92 Å². The minimum Gasteiger partial charge on any atom is -0.370 e. The molecule has 0 unspecified atom stereocenters. The average molecular weight is 250 g/mol. The molecular weight excluding hydrogens is 228 g/mol. The molecule has 1 amide bonds. The number of hydrogen-bond donors (Lipinski definition) is 1. The fourth-order valence-electron chi connectivity index (χ4n) is 1.69. The largest absolute Gasteiger partial charge is 0.370 e. The lowest BCUT2D eigenvalue weighted by Crippen LogP contribution is -2.31. The van der Waals surface area contributed by atoms with Gasteiger partial charge in [0.1, 0.15) is 17.3 Å². The van der Waals surface area contributed by atoms with Crippen LogP contribution in [-0.2, 0) is 0 Å². The SMILES string of the molecule is CCCNc1cc(C(=O)N(CC)CC)nc(C)n1. The molecule has 0 aliphatic carbocycles.